The second-order valence-corrected chi connectivity index (χ2v) is 5.39. The van der Waals surface area contributed by atoms with Gasteiger partial charge in [0.15, 0.2) is 12.4 Å². The van der Waals surface area contributed by atoms with Crippen molar-refractivity contribution >= 4 is 5.91 Å². The van der Waals surface area contributed by atoms with Crippen molar-refractivity contribution in [3.05, 3.63) is 30.6 Å². The maximum atomic E-state index is 12.1. The van der Waals surface area contributed by atoms with Crippen molar-refractivity contribution in [3.8, 4) is 0 Å². The second-order valence-electron chi connectivity index (χ2n) is 5.39. The molecule has 0 bridgehead atoms. The zero-order valence-electron chi connectivity index (χ0n) is 12.5. The van der Waals surface area contributed by atoms with Crippen LogP contribution < -0.4 is 4.57 Å². The van der Waals surface area contributed by atoms with E-state index in [4.69, 9.17) is 0 Å². The van der Waals surface area contributed by atoms with Crippen LogP contribution in [-0.2, 0) is 11.3 Å². The molecule has 110 valence electrons. The SMILES string of the molecule is CCN1CCN(C(=O)CCCC[n+]2ccccc2)CC1. The highest BCUT2D eigenvalue weighted by Crippen LogP contribution is 2.06. The predicted molar refractivity (Wildman–Crippen MR) is 79.2 cm³/mol. The van der Waals surface area contributed by atoms with E-state index in [9.17, 15) is 4.79 Å². The van der Waals surface area contributed by atoms with Gasteiger partial charge in [-0.1, -0.05) is 13.0 Å². The van der Waals surface area contributed by atoms with Crippen molar-refractivity contribution in [3.63, 3.8) is 0 Å². The number of likely N-dealkylation sites (N-methyl/N-ethyl adjacent to an activating group) is 1. The van der Waals surface area contributed by atoms with Gasteiger partial charge in [-0.25, -0.2) is 4.57 Å². The first-order chi connectivity index (χ1) is 9.79. The summed E-state index contributed by atoms with van der Waals surface area (Å²) in [5.41, 5.74) is 0. The highest BCUT2D eigenvalue weighted by atomic mass is 16.2. The molecule has 4 nitrogen and oxygen atoms in total. The summed E-state index contributed by atoms with van der Waals surface area (Å²) < 4.78 is 2.17. The Kier molecular flexibility index (Phi) is 5.99. The Bertz CT molecular complexity index is 399. The van der Waals surface area contributed by atoms with Crippen molar-refractivity contribution in [1.29, 1.82) is 0 Å². The Morgan fingerprint density at radius 2 is 1.75 bits per heavy atom. The number of unbranched alkanes of at least 4 members (excludes halogenated alkanes) is 1. The van der Waals surface area contributed by atoms with E-state index < -0.39 is 0 Å². The maximum absolute atomic E-state index is 12.1. The number of pyridine rings is 1. The van der Waals surface area contributed by atoms with E-state index in [2.05, 4.69) is 28.8 Å². The van der Waals surface area contributed by atoms with Crippen LogP contribution in [0, 0.1) is 0 Å². The molecule has 20 heavy (non-hydrogen) atoms. The minimum Gasteiger partial charge on any atom is -0.340 e. The molecular weight excluding hydrogens is 250 g/mol. The standard InChI is InChI=1S/C16H26N3O/c1-2-17-12-14-19(15-13-17)16(20)8-4-7-11-18-9-5-3-6-10-18/h3,5-6,9-10H,2,4,7-8,11-15H2,1H3/q+1. The molecule has 0 atom stereocenters. The van der Waals surface area contributed by atoms with E-state index in [0.29, 0.717) is 12.3 Å². The molecule has 4 heteroatoms. The van der Waals surface area contributed by atoms with Gasteiger partial charge in [0.05, 0.1) is 0 Å². The van der Waals surface area contributed by atoms with Crippen LogP contribution in [-0.4, -0.2) is 48.4 Å². The van der Waals surface area contributed by atoms with Crippen LogP contribution in [0.25, 0.3) is 0 Å². The Labute approximate surface area is 122 Å². The van der Waals surface area contributed by atoms with E-state index in [1.807, 2.05) is 23.1 Å². The van der Waals surface area contributed by atoms with Crippen LogP contribution in [0.2, 0.25) is 0 Å². The molecule has 0 aromatic carbocycles. The van der Waals surface area contributed by atoms with E-state index in [1.165, 1.54) is 0 Å². The van der Waals surface area contributed by atoms with E-state index in [0.717, 1.165) is 52.1 Å². The molecule has 1 saturated heterocycles. The fourth-order valence-corrected chi connectivity index (χ4v) is 2.63. The monoisotopic (exact) mass is 276 g/mol. The first-order valence-corrected chi connectivity index (χ1v) is 7.74. The number of carbonyl (C=O) groups is 1. The number of aromatic nitrogens is 1. The highest BCUT2D eigenvalue weighted by molar-refractivity contribution is 5.76. The molecule has 0 aliphatic carbocycles. The summed E-state index contributed by atoms with van der Waals surface area (Å²) in [7, 11) is 0. The number of hydrogen-bond donors (Lipinski definition) is 0. The minimum atomic E-state index is 0.332. The minimum absolute atomic E-state index is 0.332. The van der Waals surface area contributed by atoms with Crippen LogP contribution in [0.4, 0.5) is 0 Å². The number of carbonyl (C=O) groups excluding carboxylic acids is 1. The second kappa shape index (κ2) is 8.00. The highest BCUT2D eigenvalue weighted by Gasteiger charge is 2.19. The maximum Gasteiger partial charge on any atom is 0.222 e. The van der Waals surface area contributed by atoms with Gasteiger partial charge in [-0.2, -0.15) is 0 Å². The summed E-state index contributed by atoms with van der Waals surface area (Å²) in [4.78, 5) is 16.5. The Morgan fingerprint density at radius 1 is 1.05 bits per heavy atom. The molecule has 0 N–H and O–H groups in total. The van der Waals surface area contributed by atoms with Crippen LogP contribution in [0.15, 0.2) is 30.6 Å². The number of amides is 1. The fourth-order valence-electron chi connectivity index (χ4n) is 2.63. The van der Waals surface area contributed by atoms with Gasteiger partial charge < -0.3 is 9.80 Å². The predicted octanol–water partition coefficient (Wildman–Crippen LogP) is 1.31. The van der Waals surface area contributed by atoms with Gasteiger partial charge in [0.2, 0.25) is 5.91 Å². The number of rotatable bonds is 6. The van der Waals surface area contributed by atoms with E-state index >= 15 is 0 Å². The summed E-state index contributed by atoms with van der Waals surface area (Å²) in [6.07, 6.45) is 6.89. The average molecular weight is 276 g/mol. The Balaban J connectivity index is 1.61. The van der Waals surface area contributed by atoms with Crippen LogP contribution >= 0.6 is 0 Å². The lowest BCUT2D eigenvalue weighted by atomic mass is 10.2. The number of hydrogen-bond acceptors (Lipinski definition) is 2. The largest absolute Gasteiger partial charge is 0.340 e. The molecule has 1 aromatic heterocycles. The molecule has 0 radical (unpaired) electrons. The molecular formula is C16H26N3O+. The smallest absolute Gasteiger partial charge is 0.222 e. The van der Waals surface area contributed by atoms with Gasteiger partial charge in [-0.3, -0.25) is 4.79 Å². The van der Waals surface area contributed by atoms with Gasteiger partial charge in [0, 0.05) is 51.2 Å². The third kappa shape index (κ3) is 4.60. The molecule has 0 unspecified atom stereocenters. The Hall–Kier alpha value is -1.42. The summed E-state index contributed by atoms with van der Waals surface area (Å²) in [6, 6.07) is 6.10. The molecule has 1 fully saturated rings. The van der Waals surface area contributed by atoms with Crippen molar-refractivity contribution < 1.29 is 9.36 Å². The van der Waals surface area contributed by atoms with Gasteiger partial charge in [-0.05, 0) is 13.0 Å². The lowest BCUT2D eigenvalue weighted by Crippen LogP contribution is -2.48. The molecule has 1 amide bonds. The first kappa shape index (κ1) is 15.0. The lowest BCUT2D eigenvalue weighted by molar-refractivity contribution is -0.697. The van der Waals surface area contributed by atoms with Gasteiger partial charge in [-0.15, -0.1) is 0 Å². The third-order valence-corrected chi connectivity index (χ3v) is 4.01. The Morgan fingerprint density at radius 3 is 2.40 bits per heavy atom. The molecule has 2 heterocycles. The summed E-state index contributed by atoms with van der Waals surface area (Å²) in [5.74, 6) is 0.332. The van der Waals surface area contributed by atoms with Crippen LogP contribution in [0.3, 0.4) is 0 Å². The molecule has 1 aliphatic heterocycles. The molecule has 1 aromatic rings. The third-order valence-electron chi connectivity index (χ3n) is 4.01. The van der Waals surface area contributed by atoms with Crippen molar-refractivity contribution in [2.45, 2.75) is 32.7 Å². The van der Waals surface area contributed by atoms with Gasteiger partial charge in [0.25, 0.3) is 0 Å². The number of piperazine rings is 1. The quantitative estimate of drug-likeness (QED) is 0.579. The van der Waals surface area contributed by atoms with Crippen molar-refractivity contribution in [1.82, 2.24) is 9.80 Å². The lowest BCUT2D eigenvalue weighted by Gasteiger charge is -2.34. The fraction of sp³-hybridized carbons (Fsp3) is 0.625. The number of aryl methyl sites for hydroxylation is 1. The zero-order chi connectivity index (χ0) is 14.2. The molecule has 1 aliphatic rings. The number of nitrogens with zero attached hydrogens (tertiary/aromatic N) is 3. The van der Waals surface area contributed by atoms with E-state index in [1.54, 1.807) is 0 Å². The van der Waals surface area contributed by atoms with Crippen molar-refractivity contribution in [2.24, 2.45) is 0 Å². The van der Waals surface area contributed by atoms with Gasteiger partial charge in [0.1, 0.15) is 6.54 Å². The molecule has 2 rings (SSSR count). The zero-order valence-corrected chi connectivity index (χ0v) is 12.5. The normalized spacial score (nSPS) is 16.4. The molecule has 0 saturated carbocycles. The van der Waals surface area contributed by atoms with E-state index in [-0.39, 0.29) is 0 Å². The summed E-state index contributed by atoms with van der Waals surface area (Å²) in [6.45, 7) is 8.14. The average Bonchev–Trinajstić information content (AvgIpc) is 2.52. The molecule has 0 spiro atoms. The van der Waals surface area contributed by atoms with Gasteiger partial charge >= 0.3 is 0 Å². The summed E-state index contributed by atoms with van der Waals surface area (Å²) >= 11 is 0. The van der Waals surface area contributed by atoms with Crippen LogP contribution in [0.1, 0.15) is 26.2 Å². The first-order valence-electron chi connectivity index (χ1n) is 7.74. The topological polar surface area (TPSA) is 27.4 Å². The summed E-state index contributed by atoms with van der Waals surface area (Å²) in [5, 5.41) is 0. The van der Waals surface area contributed by atoms with Crippen LogP contribution in [0.5, 0.6) is 0 Å². The van der Waals surface area contributed by atoms with Crippen molar-refractivity contribution in [2.75, 3.05) is 32.7 Å².